The molecule has 0 bridgehead atoms. The predicted molar refractivity (Wildman–Crippen MR) is 122 cm³/mol. The van der Waals surface area contributed by atoms with Gasteiger partial charge in [0, 0.05) is 30.5 Å². The second-order valence-corrected chi connectivity index (χ2v) is 7.70. The van der Waals surface area contributed by atoms with Crippen LogP contribution in [0.3, 0.4) is 0 Å². The SMILES string of the molecule is C=CC(=O)N1CCCC(n2nc(-c3ccc(NC(=O)c4ccccn4)cc3)cc2C(=O)O)C1. The molecular formula is C24H23N5O4. The molecule has 2 N–H and O–H groups in total. The first kappa shape index (κ1) is 21.9. The molecule has 4 rings (SSSR count). The zero-order valence-corrected chi connectivity index (χ0v) is 17.8. The van der Waals surface area contributed by atoms with Crippen LogP contribution in [-0.4, -0.2) is 55.6 Å². The smallest absolute Gasteiger partial charge is 0.354 e. The van der Waals surface area contributed by atoms with E-state index in [0.717, 1.165) is 12.8 Å². The number of carboxylic acids is 1. The van der Waals surface area contributed by atoms with Crippen LogP contribution >= 0.6 is 0 Å². The number of anilines is 1. The van der Waals surface area contributed by atoms with Gasteiger partial charge >= 0.3 is 5.97 Å². The van der Waals surface area contributed by atoms with Crippen LogP contribution in [0, 0.1) is 0 Å². The van der Waals surface area contributed by atoms with E-state index in [1.165, 1.54) is 16.8 Å². The number of amides is 2. The van der Waals surface area contributed by atoms with Crippen LogP contribution in [0.25, 0.3) is 11.3 Å². The number of piperidine rings is 1. The average Bonchev–Trinajstić information content (AvgIpc) is 3.30. The molecule has 2 amide bonds. The Labute approximate surface area is 190 Å². The lowest BCUT2D eigenvalue weighted by Crippen LogP contribution is -2.40. The van der Waals surface area contributed by atoms with E-state index in [9.17, 15) is 19.5 Å². The average molecular weight is 445 g/mol. The Morgan fingerprint density at radius 2 is 1.94 bits per heavy atom. The van der Waals surface area contributed by atoms with Gasteiger partial charge in [0.1, 0.15) is 11.4 Å². The van der Waals surface area contributed by atoms with Gasteiger partial charge < -0.3 is 15.3 Å². The fraction of sp³-hybridized carbons (Fsp3) is 0.208. The van der Waals surface area contributed by atoms with Crippen LogP contribution < -0.4 is 5.32 Å². The van der Waals surface area contributed by atoms with Crippen molar-refractivity contribution in [2.24, 2.45) is 0 Å². The summed E-state index contributed by atoms with van der Waals surface area (Å²) in [7, 11) is 0. The molecule has 1 unspecified atom stereocenters. The van der Waals surface area contributed by atoms with Gasteiger partial charge in [-0.1, -0.05) is 24.8 Å². The number of hydrogen-bond acceptors (Lipinski definition) is 5. The van der Waals surface area contributed by atoms with Gasteiger partial charge in [0.15, 0.2) is 0 Å². The van der Waals surface area contributed by atoms with E-state index >= 15 is 0 Å². The molecule has 9 heteroatoms. The van der Waals surface area contributed by atoms with Gasteiger partial charge in [-0.25, -0.2) is 4.79 Å². The third kappa shape index (κ3) is 4.82. The molecule has 1 aromatic carbocycles. The maximum absolute atomic E-state index is 12.3. The maximum atomic E-state index is 12.3. The number of carboxylic acid groups (broad SMARTS) is 1. The highest BCUT2D eigenvalue weighted by atomic mass is 16.4. The van der Waals surface area contributed by atoms with Crippen molar-refractivity contribution in [3.63, 3.8) is 0 Å². The Bertz CT molecular complexity index is 1190. The summed E-state index contributed by atoms with van der Waals surface area (Å²) < 4.78 is 1.50. The van der Waals surface area contributed by atoms with E-state index in [1.54, 1.807) is 53.6 Å². The molecule has 3 heterocycles. The van der Waals surface area contributed by atoms with Crippen molar-refractivity contribution in [3.8, 4) is 11.3 Å². The molecule has 168 valence electrons. The number of benzene rings is 1. The van der Waals surface area contributed by atoms with Crippen molar-refractivity contribution < 1.29 is 19.5 Å². The van der Waals surface area contributed by atoms with Crippen LogP contribution in [0.15, 0.2) is 67.4 Å². The van der Waals surface area contributed by atoms with Gasteiger partial charge in [-0.15, -0.1) is 0 Å². The molecule has 1 fully saturated rings. The normalized spacial score (nSPS) is 15.6. The number of pyridine rings is 1. The summed E-state index contributed by atoms with van der Waals surface area (Å²) in [6.45, 7) is 4.52. The van der Waals surface area contributed by atoms with Crippen molar-refractivity contribution in [2.75, 3.05) is 18.4 Å². The number of rotatable bonds is 6. The summed E-state index contributed by atoms with van der Waals surface area (Å²) >= 11 is 0. The number of aromatic nitrogens is 3. The minimum atomic E-state index is -1.08. The fourth-order valence-electron chi connectivity index (χ4n) is 3.87. The van der Waals surface area contributed by atoms with Crippen LogP contribution in [0.5, 0.6) is 0 Å². The highest BCUT2D eigenvalue weighted by Gasteiger charge is 2.28. The lowest BCUT2D eigenvalue weighted by atomic mass is 10.1. The molecular weight excluding hydrogens is 422 g/mol. The van der Waals surface area contributed by atoms with Gasteiger partial charge in [-0.05, 0) is 49.2 Å². The first-order valence-corrected chi connectivity index (χ1v) is 10.5. The summed E-state index contributed by atoms with van der Waals surface area (Å²) in [6, 6.07) is 13.4. The molecule has 2 aromatic heterocycles. The molecule has 1 atom stereocenters. The van der Waals surface area contributed by atoms with Crippen molar-refractivity contribution >= 4 is 23.5 Å². The Morgan fingerprint density at radius 3 is 2.61 bits per heavy atom. The van der Waals surface area contributed by atoms with Crippen molar-refractivity contribution in [1.82, 2.24) is 19.7 Å². The van der Waals surface area contributed by atoms with Gasteiger partial charge in [0.2, 0.25) is 5.91 Å². The van der Waals surface area contributed by atoms with Crippen LogP contribution in [-0.2, 0) is 4.79 Å². The first-order valence-electron chi connectivity index (χ1n) is 10.5. The molecule has 1 aliphatic heterocycles. The summed E-state index contributed by atoms with van der Waals surface area (Å²) in [5.41, 5.74) is 2.17. The molecule has 0 spiro atoms. The number of likely N-dealkylation sites (tertiary alicyclic amines) is 1. The molecule has 1 saturated heterocycles. The largest absolute Gasteiger partial charge is 0.477 e. The Balaban J connectivity index is 1.54. The van der Waals surface area contributed by atoms with E-state index < -0.39 is 5.97 Å². The second kappa shape index (κ2) is 9.47. The molecule has 33 heavy (non-hydrogen) atoms. The first-order chi connectivity index (χ1) is 16.0. The monoisotopic (exact) mass is 445 g/mol. The zero-order chi connectivity index (χ0) is 23.4. The number of nitrogens with one attached hydrogen (secondary N) is 1. The lowest BCUT2D eigenvalue weighted by Gasteiger charge is -2.32. The summed E-state index contributed by atoms with van der Waals surface area (Å²) in [5, 5.41) is 17.1. The Morgan fingerprint density at radius 1 is 1.15 bits per heavy atom. The number of nitrogens with zero attached hydrogens (tertiary/aromatic N) is 4. The maximum Gasteiger partial charge on any atom is 0.354 e. The predicted octanol–water partition coefficient (Wildman–Crippen LogP) is 3.25. The van der Waals surface area contributed by atoms with E-state index in [2.05, 4.69) is 22.0 Å². The Kier molecular flexibility index (Phi) is 6.30. The number of hydrogen-bond donors (Lipinski definition) is 2. The van der Waals surface area contributed by atoms with E-state index in [0.29, 0.717) is 35.7 Å². The highest BCUT2D eigenvalue weighted by Crippen LogP contribution is 2.27. The van der Waals surface area contributed by atoms with Crippen molar-refractivity contribution in [1.29, 1.82) is 0 Å². The molecule has 0 radical (unpaired) electrons. The van der Waals surface area contributed by atoms with E-state index in [4.69, 9.17) is 0 Å². The second-order valence-electron chi connectivity index (χ2n) is 7.70. The van der Waals surface area contributed by atoms with Crippen LogP contribution in [0.1, 0.15) is 39.9 Å². The minimum Gasteiger partial charge on any atom is -0.477 e. The zero-order valence-electron chi connectivity index (χ0n) is 17.8. The number of aromatic carboxylic acids is 1. The van der Waals surface area contributed by atoms with Crippen molar-refractivity contribution in [2.45, 2.75) is 18.9 Å². The van der Waals surface area contributed by atoms with Crippen LogP contribution in [0.2, 0.25) is 0 Å². The third-order valence-corrected chi connectivity index (χ3v) is 5.52. The summed E-state index contributed by atoms with van der Waals surface area (Å²) in [4.78, 5) is 41.9. The summed E-state index contributed by atoms with van der Waals surface area (Å²) in [6.07, 6.45) is 4.29. The lowest BCUT2D eigenvalue weighted by molar-refractivity contribution is -0.127. The quantitative estimate of drug-likeness (QED) is 0.563. The van der Waals surface area contributed by atoms with E-state index in [1.807, 2.05) is 0 Å². The fourth-order valence-corrected chi connectivity index (χ4v) is 3.87. The van der Waals surface area contributed by atoms with Gasteiger partial charge in [-0.2, -0.15) is 5.10 Å². The van der Waals surface area contributed by atoms with Gasteiger partial charge in [-0.3, -0.25) is 19.3 Å². The topological polar surface area (TPSA) is 117 Å². The third-order valence-electron chi connectivity index (χ3n) is 5.52. The summed E-state index contributed by atoms with van der Waals surface area (Å²) in [5.74, 6) is -1.58. The molecule has 3 aromatic rings. The van der Waals surface area contributed by atoms with Gasteiger partial charge in [0.05, 0.1) is 11.7 Å². The molecule has 0 saturated carbocycles. The van der Waals surface area contributed by atoms with Gasteiger partial charge in [0.25, 0.3) is 5.91 Å². The highest BCUT2D eigenvalue weighted by molar-refractivity contribution is 6.02. The van der Waals surface area contributed by atoms with Crippen LogP contribution in [0.4, 0.5) is 5.69 Å². The molecule has 0 aliphatic carbocycles. The Hall–Kier alpha value is -4.27. The molecule has 9 nitrogen and oxygen atoms in total. The van der Waals surface area contributed by atoms with Crippen molar-refractivity contribution in [3.05, 3.63) is 78.8 Å². The van der Waals surface area contributed by atoms with E-state index in [-0.39, 0.29) is 23.6 Å². The number of carbonyl (C=O) groups excluding carboxylic acids is 2. The molecule has 1 aliphatic rings. The number of carbonyl (C=O) groups is 3. The standard InChI is InChI=1S/C24H23N5O4/c1-2-22(30)28-13-5-6-18(15-28)29-21(24(32)33)14-20(27-29)16-8-10-17(11-9-16)26-23(31)19-7-3-4-12-25-19/h2-4,7-12,14,18H,1,5-6,13,15H2,(H,26,31)(H,32,33). The minimum absolute atomic E-state index is 0.0652.